The zero-order chi connectivity index (χ0) is 40.6. The molecule has 0 aliphatic rings. The first-order valence-electron chi connectivity index (χ1n) is 22.9. The number of hydrogen-bond acceptors (Lipinski definition) is 8. The molecule has 0 saturated carbocycles. The molecule has 1 unspecified atom stereocenters. The maximum absolute atomic E-state index is 10.2. The summed E-state index contributed by atoms with van der Waals surface area (Å²) < 4.78 is 0. The molecule has 328 valence electrons. The van der Waals surface area contributed by atoms with Gasteiger partial charge in [-0.05, 0) is 6.92 Å². The van der Waals surface area contributed by atoms with E-state index in [2.05, 4.69) is 27.7 Å². The van der Waals surface area contributed by atoms with Gasteiger partial charge in [0.15, 0.2) is 0 Å². The van der Waals surface area contributed by atoms with Crippen molar-refractivity contribution in [2.45, 2.75) is 246 Å². The molecule has 8 nitrogen and oxygen atoms in total. The molecular weight excluding hydrogens is 706 g/mol. The Balaban J connectivity index is -0.000000835. The molecule has 0 aliphatic heterocycles. The first-order valence-corrected chi connectivity index (χ1v) is 27.8. The SMILES string of the molecule is CC(O)CO.CCCCCCCCCCP(O)(O)(O)CCCCCCCCCC.CCCCCCCCCCP(O)(O)(O)CCCCCCCCCC. The van der Waals surface area contributed by atoms with Gasteiger partial charge in [0.25, 0.3) is 0 Å². The number of rotatable bonds is 37. The summed E-state index contributed by atoms with van der Waals surface area (Å²) in [7, 11) is -8.67. The second-order valence-electron chi connectivity index (χ2n) is 16.5. The molecule has 8 N–H and O–H groups in total. The van der Waals surface area contributed by atoms with Gasteiger partial charge in [-0.2, -0.15) is 0 Å². The third kappa shape index (κ3) is 52.5. The van der Waals surface area contributed by atoms with Crippen LogP contribution < -0.4 is 0 Å². The molecule has 0 fully saturated rings. The molecule has 0 aromatic carbocycles. The van der Waals surface area contributed by atoms with Crippen molar-refractivity contribution in [2.75, 3.05) is 31.3 Å². The second kappa shape index (κ2) is 38.1. The minimum atomic E-state index is -4.34. The molecule has 0 aromatic heterocycles. The van der Waals surface area contributed by atoms with Crippen LogP contribution in [0.4, 0.5) is 0 Å². The summed E-state index contributed by atoms with van der Waals surface area (Å²) in [5, 5.41) is 16.0. The van der Waals surface area contributed by atoms with Crippen LogP contribution in [-0.2, 0) is 0 Å². The van der Waals surface area contributed by atoms with Crippen molar-refractivity contribution < 1.29 is 39.6 Å². The third-order valence-corrected chi connectivity index (χ3v) is 15.1. The third-order valence-electron chi connectivity index (χ3n) is 10.1. The normalized spacial score (nSPS) is 13.9. The fourth-order valence-electron chi connectivity index (χ4n) is 6.50. The number of aliphatic hydroxyl groups is 2. The average molecular weight is 805 g/mol. The molecule has 0 saturated heterocycles. The molecule has 0 heterocycles. The van der Waals surface area contributed by atoms with Gasteiger partial charge in [0.05, 0.1) is 12.7 Å². The first kappa shape index (κ1) is 57.9. The fourth-order valence-corrected chi connectivity index (χ4v) is 10.4. The van der Waals surface area contributed by atoms with Crippen LogP contribution >= 0.6 is 14.6 Å². The van der Waals surface area contributed by atoms with E-state index in [1.165, 1.54) is 135 Å². The summed E-state index contributed by atoms with van der Waals surface area (Å²) in [5.41, 5.74) is 0. The Bertz CT molecular complexity index is 619. The van der Waals surface area contributed by atoms with Crippen LogP contribution in [0, 0.1) is 0 Å². The van der Waals surface area contributed by atoms with Gasteiger partial charge in [-0.3, -0.25) is 0 Å². The van der Waals surface area contributed by atoms with Crippen LogP contribution in [0.15, 0.2) is 0 Å². The van der Waals surface area contributed by atoms with Crippen LogP contribution in [0.25, 0.3) is 0 Å². The van der Waals surface area contributed by atoms with E-state index in [0.717, 1.165) is 77.0 Å². The Morgan fingerprint density at radius 1 is 0.302 bits per heavy atom. The van der Waals surface area contributed by atoms with Crippen molar-refractivity contribution in [3.05, 3.63) is 0 Å². The van der Waals surface area contributed by atoms with E-state index < -0.39 is 20.7 Å². The second-order valence-corrected chi connectivity index (χ2v) is 23.7. The Hall–Kier alpha value is 0.540. The van der Waals surface area contributed by atoms with E-state index in [9.17, 15) is 29.4 Å². The van der Waals surface area contributed by atoms with Crippen LogP contribution in [0.5, 0.6) is 0 Å². The summed E-state index contributed by atoms with van der Waals surface area (Å²) in [6.07, 6.45) is 37.5. The van der Waals surface area contributed by atoms with Crippen LogP contribution in [0.1, 0.15) is 240 Å². The zero-order valence-electron chi connectivity index (χ0n) is 36.2. The van der Waals surface area contributed by atoms with Crippen molar-refractivity contribution in [3.63, 3.8) is 0 Å². The zero-order valence-corrected chi connectivity index (χ0v) is 38.0. The molecule has 53 heavy (non-hydrogen) atoms. The van der Waals surface area contributed by atoms with Gasteiger partial charge in [0.1, 0.15) is 0 Å². The Morgan fingerprint density at radius 2 is 0.434 bits per heavy atom. The van der Waals surface area contributed by atoms with Gasteiger partial charge in [0, 0.05) is 0 Å². The quantitative estimate of drug-likeness (QED) is 0.0227. The topological polar surface area (TPSA) is 162 Å². The molecule has 0 amide bonds. The summed E-state index contributed by atoms with van der Waals surface area (Å²) in [6, 6.07) is 0. The van der Waals surface area contributed by atoms with Crippen molar-refractivity contribution >= 4 is 14.6 Å². The molecule has 0 bridgehead atoms. The van der Waals surface area contributed by atoms with Crippen molar-refractivity contribution in [3.8, 4) is 0 Å². The molecule has 0 rings (SSSR count). The Morgan fingerprint density at radius 3 is 0.566 bits per heavy atom. The number of hydrogen-bond donors (Lipinski definition) is 8. The fraction of sp³-hybridized carbons (Fsp3) is 1.00. The monoisotopic (exact) mass is 805 g/mol. The van der Waals surface area contributed by atoms with E-state index in [4.69, 9.17) is 10.2 Å². The summed E-state index contributed by atoms with van der Waals surface area (Å²) >= 11 is 0. The van der Waals surface area contributed by atoms with Crippen LogP contribution in [-0.4, -0.2) is 76.9 Å². The molecule has 1 atom stereocenters. The molecule has 0 aliphatic carbocycles. The molecule has 10 heteroatoms. The predicted octanol–water partition coefficient (Wildman–Crippen LogP) is 12.4. The van der Waals surface area contributed by atoms with Crippen molar-refractivity contribution in [1.82, 2.24) is 0 Å². The van der Waals surface area contributed by atoms with Gasteiger partial charge in [-0.1, -0.05) is 0 Å². The van der Waals surface area contributed by atoms with Gasteiger partial charge in [0.2, 0.25) is 0 Å². The first-order chi connectivity index (χ1) is 25.0. The summed E-state index contributed by atoms with van der Waals surface area (Å²) in [4.78, 5) is 61.0. The van der Waals surface area contributed by atoms with Crippen LogP contribution in [0.3, 0.4) is 0 Å². The number of unbranched alkanes of at least 4 members (excludes halogenated alkanes) is 28. The predicted molar refractivity (Wildman–Crippen MR) is 236 cm³/mol. The van der Waals surface area contributed by atoms with Crippen molar-refractivity contribution in [1.29, 1.82) is 0 Å². The maximum atomic E-state index is 10.2. The van der Waals surface area contributed by atoms with E-state index in [-0.39, 0.29) is 31.3 Å². The van der Waals surface area contributed by atoms with E-state index in [1.807, 2.05) is 0 Å². The van der Waals surface area contributed by atoms with Crippen molar-refractivity contribution in [2.24, 2.45) is 0 Å². The molecular formula is C43H98O8P2. The molecule has 0 radical (unpaired) electrons. The van der Waals surface area contributed by atoms with E-state index in [1.54, 1.807) is 0 Å². The van der Waals surface area contributed by atoms with Gasteiger partial charge in [-0.25, -0.2) is 0 Å². The van der Waals surface area contributed by atoms with Gasteiger partial charge in [-0.15, -0.1) is 0 Å². The average Bonchev–Trinajstić information content (AvgIpc) is 3.09. The Kier molecular flexibility index (Phi) is 41.6. The van der Waals surface area contributed by atoms with Gasteiger partial charge >= 0.3 is 302 Å². The van der Waals surface area contributed by atoms with E-state index in [0.29, 0.717) is 0 Å². The molecule has 0 aromatic rings. The van der Waals surface area contributed by atoms with Crippen LogP contribution in [0.2, 0.25) is 0 Å². The summed E-state index contributed by atoms with van der Waals surface area (Å²) in [6.45, 7) is 10.3. The minimum absolute atomic E-state index is 0.139. The van der Waals surface area contributed by atoms with E-state index >= 15 is 0 Å². The number of aliphatic hydroxyl groups excluding tert-OH is 2. The van der Waals surface area contributed by atoms with Gasteiger partial charge < -0.3 is 10.2 Å². The Labute approximate surface area is 330 Å². The summed E-state index contributed by atoms with van der Waals surface area (Å²) in [5.74, 6) is 0. The molecule has 0 spiro atoms. The standard InChI is InChI=1S/2C20H45O3P.C3H8O2/c2*1-3-5-7-9-11-13-15-17-19-24(21,22,23)20-18-16-14-12-10-8-6-4-2;1-3(5)2-4/h2*21-23H,3-20H2,1-2H3;3-5H,2H2,1H3.